The highest BCUT2D eigenvalue weighted by molar-refractivity contribution is 5.89. The molecule has 6 heteroatoms. The Morgan fingerprint density at radius 2 is 1.71 bits per heavy atom. The average Bonchev–Trinajstić information content (AvgIpc) is 3.11. The van der Waals surface area contributed by atoms with Crippen LogP contribution in [0.25, 0.3) is 0 Å². The molecule has 0 aromatic carbocycles. The molecule has 4 aliphatic rings. The highest BCUT2D eigenvalue weighted by Crippen LogP contribution is 2.67. The van der Waals surface area contributed by atoms with Gasteiger partial charge in [-0.15, -0.1) is 0 Å². The van der Waals surface area contributed by atoms with Gasteiger partial charge >= 0.3 is 0 Å². The van der Waals surface area contributed by atoms with Crippen molar-refractivity contribution < 1.29 is 30.3 Å². The van der Waals surface area contributed by atoms with Crippen molar-refractivity contribution in [2.45, 2.75) is 129 Å². The maximum absolute atomic E-state index is 13.8. The molecular formula is C29H48O6. The Hall–Kier alpha value is -0.790. The second kappa shape index (κ2) is 8.90. The summed E-state index contributed by atoms with van der Waals surface area (Å²) in [5, 5.41) is 53.8. The van der Waals surface area contributed by atoms with E-state index in [9.17, 15) is 30.3 Å². The summed E-state index contributed by atoms with van der Waals surface area (Å²) in [5.41, 5.74) is -0.310. The Bertz CT molecular complexity index is 871. The first-order valence-corrected chi connectivity index (χ1v) is 13.8. The van der Waals surface area contributed by atoms with Crippen LogP contribution in [0.2, 0.25) is 0 Å². The average molecular weight is 493 g/mol. The van der Waals surface area contributed by atoms with Crippen LogP contribution in [0.3, 0.4) is 0 Å². The van der Waals surface area contributed by atoms with Crippen LogP contribution >= 0.6 is 0 Å². The summed E-state index contributed by atoms with van der Waals surface area (Å²) in [6.45, 7) is 11.6. The van der Waals surface area contributed by atoms with Gasteiger partial charge in [-0.25, -0.2) is 0 Å². The zero-order chi connectivity index (χ0) is 26.1. The minimum Gasteiger partial charge on any atom is -0.390 e. The number of aliphatic hydroxyl groups excluding tert-OH is 3. The third-order valence-electron chi connectivity index (χ3n) is 10.9. The molecule has 3 saturated carbocycles. The van der Waals surface area contributed by atoms with Gasteiger partial charge in [-0.3, -0.25) is 4.79 Å². The van der Waals surface area contributed by atoms with Crippen molar-refractivity contribution in [2.75, 3.05) is 0 Å². The predicted octanol–water partition coefficient (Wildman–Crippen LogP) is 3.52. The van der Waals surface area contributed by atoms with E-state index in [4.69, 9.17) is 0 Å². The van der Waals surface area contributed by atoms with Crippen molar-refractivity contribution >= 4 is 5.78 Å². The second-order valence-corrected chi connectivity index (χ2v) is 13.6. The third kappa shape index (κ3) is 4.25. The molecule has 10 atom stereocenters. The van der Waals surface area contributed by atoms with Crippen molar-refractivity contribution in [1.82, 2.24) is 0 Å². The van der Waals surface area contributed by atoms with Gasteiger partial charge in [0.2, 0.25) is 0 Å². The van der Waals surface area contributed by atoms with E-state index in [1.807, 2.05) is 0 Å². The van der Waals surface area contributed by atoms with Crippen LogP contribution in [-0.2, 0) is 4.79 Å². The maximum Gasteiger partial charge on any atom is 0.143 e. The Labute approximate surface area is 210 Å². The lowest BCUT2D eigenvalue weighted by atomic mass is 9.45. The van der Waals surface area contributed by atoms with E-state index in [0.29, 0.717) is 25.7 Å². The molecule has 0 bridgehead atoms. The number of fused-ring (bicyclic) bond motifs is 4. The van der Waals surface area contributed by atoms with Crippen molar-refractivity contribution in [3.63, 3.8) is 0 Å². The monoisotopic (exact) mass is 492 g/mol. The van der Waals surface area contributed by atoms with Gasteiger partial charge in [-0.05, 0) is 101 Å². The molecule has 35 heavy (non-hydrogen) atoms. The molecule has 6 nitrogen and oxygen atoms in total. The first-order valence-electron chi connectivity index (χ1n) is 13.8. The highest BCUT2D eigenvalue weighted by atomic mass is 16.3. The number of Topliss-reactive ketones (excluding diaryl/α,β-unsaturated/α-hetero) is 1. The van der Waals surface area contributed by atoms with Crippen LogP contribution < -0.4 is 0 Å². The summed E-state index contributed by atoms with van der Waals surface area (Å²) in [6.07, 6.45) is 3.01. The molecule has 0 amide bonds. The molecule has 0 unspecified atom stereocenters. The van der Waals surface area contributed by atoms with Gasteiger partial charge < -0.3 is 25.5 Å². The van der Waals surface area contributed by atoms with E-state index in [1.165, 1.54) is 11.1 Å². The molecule has 4 rings (SSSR count). The van der Waals surface area contributed by atoms with E-state index < -0.39 is 29.5 Å². The molecule has 0 aliphatic heterocycles. The van der Waals surface area contributed by atoms with Crippen LogP contribution in [0.1, 0.15) is 99.3 Å². The fourth-order valence-electron chi connectivity index (χ4n) is 8.84. The lowest BCUT2D eigenvalue weighted by Crippen LogP contribution is -2.58. The maximum atomic E-state index is 13.8. The smallest absolute Gasteiger partial charge is 0.143 e. The summed E-state index contributed by atoms with van der Waals surface area (Å²) in [5.74, 6) is -0.117. The summed E-state index contributed by atoms with van der Waals surface area (Å²) in [7, 11) is 0. The molecule has 0 aromatic rings. The van der Waals surface area contributed by atoms with E-state index in [1.54, 1.807) is 20.8 Å². The predicted molar refractivity (Wildman–Crippen MR) is 134 cm³/mol. The molecule has 5 N–H and O–H groups in total. The third-order valence-corrected chi connectivity index (χ3v) is 10.9. The number of ketones is 1. The van der Waals surface area contributed by atoms with Crippen LogP contribution in [0, 0.1) is 34.5 Å². The topological polar surface area (TPSA) is 118 Å². The van der Waals surface area contributed by atoms with Crippen LogP contribution in [0.15, 0.2) is 11.1 Å². The molecule has 4 aliphatic carbocycles. The number of hydrogen-bond donors (Lipinski definition) is 5. The van der Waals surface area contributed by atoms with E-state index in [-0.39, 0.29) is 40.3 Å². The van der Waals surface area contributed by atoms with E-state index in [2.05, 4.69) is 20.8 Å². The molecular weight excluding hydrogens is 444 g/mol. The van der Waals surface area contributed by atoms with Gasteiger partial charge in [0.1, 0.15) is 5.78 Å². The highest BCUT2D eigenvalue weighted by Gasteiger charge is 2.63. The van der Waals surface area contributed by atoms with Crippen molar-refractivity contribution in [2.24, 2.45) is 34.5 Å². The Kier molecular flexibility index (Phi) is 6.93. The summed E-state index contributed by atoms with van der Waals surface area (Å²) >= 11 is 0. The number of carbonyl (C=O) groups excluding carboxylic acids is 1. The van der Waals surface area contributed by atoms with Crippen LogP contribution in [0.5, 0.6) is 0 Å². The summed E-state index contributed by atoms with van der Waals surface area (Å²) < 4.78 is 0. The first-order chi connectivity index (χ1) is 16.1. The minimum atomic E-state index is -1.30. The number of carbonyl (C=O) groups is 1. The van der Waals surface area contributed by atoms with Gasteiger partial charge in [0.15, 0.2) is 0 Å². The van der Waals surface area contributed by atoms with Crippen molar-refractivity contribution in [1.29, 1.82) is 0 Å². The van der Waals surface area contributed by atoms with Gasteiger partial charge in [0.05, 0.1) is 29.5 Å². The quantitative estimate of drug-likeness (QED) is 0.362. The Balaban J connectivity index is 1.72. The lowest BCUT2D eigenvalue weighted by Gasteiger charge is -2.59. The molecule has 0 spiro atoms. The molecule has 3 fully saturated rings. The zero-order valence-corrected chi connectivity index (χ0v) is 22.5. The SMILES string of the molecule is CC[C@@H]1C(=O)[C@@H]2C[C@@H](O)[C@@H](O)C[C@]2(C)[C@H]2CC[C@@]3(C)C(=C12)CC[C@@H]3[C@@](C)(O)[C@H](O)CCC(C)(C)O. The van der Waals surface area contributed by atoms with Crippen molar-refractivity contribution in [3.8, 4) is 0 Å². The number of aliphatic hydroxyl groups is 5. The standard InChI is InChI=1S/C29H48O6/c1-7-16-24-17-8-9-22(29(6,35)23(32)11-12-26(2,3)34)27(17,4)13-10-18(24)28(5)15-21(31)20(30)14-19(28)25(16)33/h16,18-23,30-32,34-35H,7-15H2,1-6H3/t16-,18-,19-,20+,21-,22-,23+,27-,28+,29+/m0/s1. The Morgan fingerprint density at radius 3 is 2.31 bits per heavy atom. The molecule has 0 radical (unpaired) electrons. The van der Waals surface area contributed by atoms with Gasteiger partial charge in [0, 0.05) is 11.8 Å². The van der Waals surface area contributed by atoms with Gasteiger partial charge in [-0.2, -0.15) is 0 Å². The fraction of sp³-hybridized carbons (Fsp3) is 0.897. The molecule has 200 valence electrons. The zero-order valence-electron chi connectivity index (χ0n) is 22.5. The normalized spacial score (nSPS) is 44.4. The largest absolute Gasteiger partial charge is 0.390 e. The van der Waals surface area contributed by atoms with E-state index >= 15 is 0 Å². The number of allylic oxidation sites excluding steroid dienone is 2. The number of hydrogen-bond acceptors (Lipinski definition) is 6. The fourth-order valence-corrected chi connectivity index (χ4v) is 8.84. The number of rotatable bonds is 6. The van der Waals surface area contributed by atoms with Gasteiger partial charge in [0.25, 0.3) is 0 Å². The molecule has 0 heterocycles. The molecule has 0 aromatic heterocycles. The van der Waals surface area contributed by atoms with Crippen LogP contribution in [-0.4, -0.2) is 60.8 Å². The first kappa shape index (κ1) is 27.3. The Morgan fingerprint density at radius 1 is 1.06 bits per heavy atom. The van der Waals surface area contributed by atoms with Gasteiger partial charge in [-0.1, -0.05) is 31.9 Å². The minimum absolute atomic E-state index is 0.132. The second-order valence-electron chi connectivity index (χ2n) is 13.6. The summed E-state index contributed by atoms with van der Waals surface area (Å²) in [4.78, 5) is 13.8. The lowest BCUT2D eigenvalue weighted by molar-refractivity contribution is -0.155. The van der Waals surface area contributed by atoms with Crippen LogP contribution in [0.4, 0.5) is 0 Å². The van der Waals surface area contributed by atoms with Crippen molar-refractivity contribution in [3.05, 3.63) is 11.1 Å². The summed E-state index contributed by atoms with van der Waals surface area (Å²) in [6, 6.07) is 0. The van der Waals surface area contributed by atoms with E-state index in [0.717, 1.165) is 32.1 Å². The molecule has 0 saturated heterocycles.